The summed E-state index contributed by atoms with van der Waals surface area (Å²) in [6, 6.07) is 4.01. The third kappa shape index (κ3) is 3.13. The van der Waals surface area contributed by atoms with Crippen LogP contribution in [0.5, 0.6) is 5.75 Å². The van der Waals surface area contributed by atoms with E-state index < -0.39 is 0 Å². The molecule has 1 aromatic rings. The zero-order valence-corrected chi connectivity index (χ0v) is 11.0. The van der Waals surface area contributed by atoms with Crippen molar-refractivity contribution in [1.29, 1.82) is 0 Å². The molecule has 2 N–H and O–H groups in total. The van der Waals surface area contributed by atoms with Gasteiger partial charge in [0.2, 0.25) is 0 Å². The molecule has 2 nitrogen and oxygen atoms in total. The Kier molecular flexibility index (Phi) is 5.10. The Hall–Kier alpha value is -0.730. The minimum Gasteiger partial charge on any atom is -0.496 e. The van der Waals surface area contributed by atoms with E-state index in [0.717, 1.165) is 35.7 Å². The van der Waals surface area contributed by atoms with Gasteiger partial charge >= 0.3 is 0 Å². The van der Waals surface area contributed by atoms with Crippen molar-refractivity contribution < 1.29 is 4.74 Å². The van der Waals surface area contributed by atoms with Gasteiger partial charge in [0.15, 0.2) is 0 Å². The molecule has 1 rings (SSSR count). The molecule has 0 saturated carbocycles. The fraction of sp³-hybridized carbons (Fsp3) is 0.538. The maximum Gasteiger partial charge on any atom is 0.122 e. The smallest absolute Gasteiger partial charge is 0.122 e. The van der Waals surface area contributed by atoms with Gasteiger partial charge in [-0.1, -0.05) is 18.5 Å². The highest BCUT2D eigenvalue weighted by molar-refractivity contribution is 6.31. The van der Waals surface area contributed by atoms with Gasteiger partial charge in [0.05, 0.1) is 7.11 Å². The molecule has 0 fully saturated rings. The zero-order valence-electron chi connectivity index (χ0n) is 10.2. The quantitative estimate of drug-likeness (QED) is 0.857. The van der Waals surface area contributed by atoms with Crippen LogP contribution in [0.3, 0.4) is 0 Å². The molecule has 1 atom stereocenters. The van der Waals surface area contributed by atoms with Crippen LogP contribution in [0, 0.1) is 6.92 Å². The first-order valence-electron chi connectivity index (χ1n) is 5.64. The third-order valence-electron chi connectivity index (χ3n) is 2.88. The van der Waals surface area contributed by atoms with Gasteiger partial charge in [-0.2, -0.15) is 0 Å². The van der Waals surface area contributed by atoms with Gasteiger partial charge in [0, 0.05) is 5.02 Å². The lowest BCUT2D eigenvalue weighted by Gasteiger charge is -2.16. The van der Waals surface area contributed by atoms with E-state index in [2.05, 4.69) is 6.92 Å². The summed E-state index contributed by atoms with van der Waals surface area (Å²) < 4.78 is 5.39. The van der Waals surface area contributed by atoms with Crippen molar-refractivity contribution >= 4 is 11.6 Å². The van der Waals surface area contributed by atoms with Crippen molar-refractivity contribution in [3.63, 3.8) is 0 Å². The number of benzene rings is 1. The number of rotatable bonds is 5. The normalized spacial score (nSPS) is 12.6. The molecular weight excluding hydrogens is 222 g/mol. The summed E-state index contributed by atoms with van der Waals surface area (Å²) in [5.74, 6) is 1.35. The molecule has 0 saturated heterocycles. The van der Waals surface area contributed by atoms with Crippen LogP contribution >= 0.6 is 11.6 Å². The molecule has 0 aliphatic rings. The topological polar surface area (TPSA) is 35.2 Å². The van der Waals surface area contributed by atoms with E-state index in [4.69, 9.17) is 22.1 Å². The number of ether oxygens (including phenoxy) is 1. The van der Waals surface area contributed by atoms with Crippen LogP contribution in [0.2, 0.25) is 5.02 Å². The van der Waals surface area contributed by atoms with Crippen molar-refractivity contribution in [3.8, 4) is 5.75 Å². The Labute approximate surface area is 103 Å². The second kappa shape index (κ2) is 6.12. The monoisotopic (exact) mass is 241 g/mol. The lowest BCUT2D eigenvalue weighted by molar-refractivity contribution is 0.404. The first-order chi connectivity index (χ1) is 7.60. The summed E-state index contributed by atoms with van der Waals surface area (Å²) in [5, 5.41) is 0.801. The molecule has 0 aliphatic heterocycles. The molecule has 0 aliphatic carbocycles. The molecule has 0 spiro atoms. The zero-order chi connectivity index (χ0) is 12.1. The Morgan fingerprint density at radius 3 is 2.69 bits per heavy atom. The van der Waals surface area contributed by atoms with E-state index in [0.29, 0.717) is 5.92 Å². The average Bonchev–Trinajstić information content (AvgIpc) is 2.28. The van der Waals surface area contributed by atoms with Crippen LogP contribution in [0.25, 0.3) is 0 Å². The second-order valence-corrected chi connectivity index (χ2v) is 4.58. The van der Waals surface area contributed by atoms with Crippen molar-refractivity contribution in [2.45, 2.75) is 32.6 Å². The average molecular weight is 242 g/mol. The highest BCUT2D eigenvalue weighted by Crippen LogP contribution is 2.33. The summed E-state index contributed by atoms with van der Waals surface area (Å²) >= 11 is 6.14. The third-order valence-corrected chi connectivity index (χ3v) is 3.29. The molecule has 0 bridgehead atoms. The van der Waals surface area contributed by atoms with Crippen LogP contribution in [0.15, 0.2) is 12.1 Å². The predicted molar refractivity (Wildman–Crippen MR) is 69.4 cm³/mol. The van der Waals surface area contributed by atoms with Gasteiger partial charge in [-0.15, -0.1) is 0 Å². The highest BCUT2D eigenvalue weighted by Gasteiger charge is 2.13. The summed E-state index contributed by atoms with van der Waals surface area (Å²) in [7, 11) is 1.70. The van der Waals surface area contributed by atoms with Gasteiger partial charge in [0.25, 0.3) is 0 Å². The molecule has 0 aromatic heterocycles. The molecule has 16 heavy (non-hydrogen) atoms. The lowest BCUT2D eigenvalue weighted by atomic mass is 9.94. The SMILES string of the molecule is COc1cc(C)c(Cl)cc1C(C)CCCN. The number of hydrogen-bond donors (Lipinski definition) is 1. The minimum atomic E-state index is 0.427. The molecular formula is C13H20ClNO. The van der Waals surface area contributed by atoms with E-state index in [9.17, 15) is 0 Å². The van der Waals surface area contributed by atoms with Crippen molar-refractivity contribution in [1.82, 2.24) is 0 Å². The number of halogens is 1. The standard InChI is InChI=1S/C13H20ClNO/c1-9(5-4-6-15)11-8-12(14)10(2)7-13(11)16-3/h7-9H,4-6,15H2,1-3H3. The second-order valence-electron chi connectivity index (χ2n) is 4.18. The van der Waals surface area contributed by atoms with Gasteiger partial charge in [0.1, 0.15) is 5.75 Å². The van der Waals surface area contributed by atoms with Gasteiger partial charge < -0.3 is 10.5 Å². The van der Waals surface area contributed by atoms with E-state index in [1.807, 2.05) is 19.1 Å². The maximum atomic E-state index is 6.14. The maximum absolute atomic E-state index is 6.14. The number of hydrogen-bond acceptors (Lipinski definition) is 2. The number of aryl methyl sites for hydroxylation is 1. The fourth-order valence-corrected chi connectivity index (χ4v) is 1.98. The van der Waals surface area contributed by atoms with Gasteiger partial charge in [-0.3, -0.25) is 0 Å². The van der Waals surface area contributed by atoms with E-state index in [-0.39, 0.29) is 0 Å². The summed E-state index contributed by atoms with van der Waals surface area (Å²) in [6.45, 7) is 4.89. The van der Waals surface area contributed by atoms with Crippen molar-refractivity contribution in [2.24, 2.45) is 5.73 Å². The first-order valence-corrected chi connectivity index (χ1v) is 6.02. The van der Waals surface area contributed by atoms with E-state index >= 15 is 0 Å². The van der Waals surface area contributed by atoms with E-state index in [1.54, 1.807) is 7.11 Å². The molecule has 3 heteroatoms. The molecule has 0 heterocycles. The Morgan fingerprint density at radius 1 is 1.44 bits per heavy atom. The molecule has 90 valence electrons. The van der Waals surface area contributed by atoms with Crippen molar-refractivity contribution in [3.05, 3.63) is 28.3 Å². The fourth-order valence-electron chi connectivity index (χ4n) is 1.81. The van der Waals surface area contributed by atoms with Crippen LogP contribution in [0.4, 0.5) is 0 Å². The number of nitrogens with two attached hydrogens (primary N) is 1. The molecule has 1 unspecified atom stereocenters. The van der Waals surface area contributed by atoms with Gasteiger partial charge in [-0.05, 0) is 55.5 Å². The lowest BCUT2D eigenvalue weighted by Crippen LogP contribution is -2.03. The van der Waals surface area contributed by atoms with Crippen LogP contribution < -0.4 is 10.5 Å². The van der Waals surface area contributed by atoms with Gasteiger partial charge in [-0.25, -0.2) is 0 Å². The molecule has 0 radical (unpaired) electrons. The Bertz CT molecular complexity index is 352. The molecule has 1 aromatic carbocycles. The first kappa shape index (κ1) is 13.3. The summed E-state index contributed by atoms with van der Waals surface area (Å²) in [4.78, 5) is 0. The largest absolute Gasteiger partial charge is 0.496 e. The number of methoxy groups -OCH3 is 1. The Balaban J connectivity index is 2.96. The summed E-state index contributed by atoms with van der Waals surface area (Å²) in [6.07, 6.45) is 2.09. The van der Waals surface area contributed by atoms with Crippen LogP contribution in [0.1, 0.15) is 36.8 Å². The van der Waals surface area contributed by atoms with Crippen molar-refractivity contribution in [2.75, 3.05) is 13.7 Å². The minimum absolute atomic E-state index is 0.427. The summed E-state index contributed by atoms with van der Waals surface area (Å²) in [5.41, 5.74) is 7.74. The molecule has 0 amide bonds. The van der Waals surface area contributed by atoms with Crippen LogP contribution in [-0.4, -0.2) is 13.7 Å². The highest BCUT2D eigenvalue weighted by atomic mass is 35.5. The van der Waals surface area contributed by atoms with E-state index in [1.165, 1.54) is 5.56 Å². The van der Waals surface area contributed by atoms with Crippen LogP contribution in [-0.2, 0) is 0 Å². The predicted octanol–water partition coefficient (Wildman–Crippen LogP) is 3.50. The Morgan fingerprint density at radius 2 is 2.12 bits per heavy atom.